The maximum Gasteiger partial charge on any atom is 0.123 e. The first kappa shape index (κ1) is 13.3. The molecule has 21 heavy (non-hydrogen) atoms. The summed E-state index contributed by atoms with van der Waals surface area (Å²) < 4.78 is 15.4. The van der Waals surface area contributed by atoms with Gasteiger partial charge >= 0.3 is 0 Å². The summed E-state index contributed by atoms with van der Waals surface area (Å²) in [4.78, 5) is 0. The van der Waals surface area contributed by atoms with Crippen molar-refractivity contribution in [2.75, 3.05) is 0 Å². The summed E-state index contributed by atoms with van der Waals surface area (Å²) in [5, 5.41) is 10.2. The first-order valence-corrected chi connectivity index (χ1v) is 6.67. The quantitative estimate of drug-likeness (QED) is 0.800. The van der Waals surface area contributed by atoms with E-state index in [9.17, 15) is 4.39 Å². The molecule has 1 aromatic heterocycles. The summed E-state index contributed by atoms with van der Waals surface area (Å²) in [7, 11) is 0. The Morgan fingerprint density at radius 3 is 2.76 bits per heavy atom. The van der Waals surface area contributed by atoms with Crippen LogP contribution in [0.25, 0.3) is 10.9 Å². The zero-order chi connectivity index (χ0) is 14.8. The van der Waals surface area contributed by atoms with Crippen LogP contribution < -0.4 is 5.73 Å². The standard InChI is InChI=1S/C17H14FN3/c18-16-3-2-14(10-20)15(8-16)11-21-6-5-13-7-12(9-19)1-4-17(13)21/h1-8H,9,11,19H2. The summed E-state index contributed by atoms with van der Waals surface area (Å²) in [5.74, 6) is -0.328. The van der Waals surface area contributed by atoms with E-state index in [1.165, 1.54) is 18.2 Å². The van der Waals surface area contributed by atoms with Crippen LogP contribution in [0.2, 0.25) is 0 Å². The summed E-state index contributed by atoms with van der Waals surface area (Å²) in [5.41, 5.74) is 8.93. The molecule has 0 radical (unpaired) electrons. The Hall–Kier alpha value is -2.64. The number of fused-ring (bicyclic) bond motifs is 1. The molecule has 0 atom stereocenters. The van der Waals surface area contributed by atoms with Crippen molar-refractivity contribution in [2.24, 2.45) is 5.73 Å². The minimum atomic E-state index is -0.328. The molecular formula is C17H14FN3. The predicted molar refractivity (Wildman–Crippen MR) is 80.0 cm³/mol. The molecule has 0 aliphatic heterocycles. The van der Waals surface area contributed by atoms with Gasteiger partial charge in [0.1, 0.15) is 5.82 Å². The number of aromatic nitrogens is 1. The van der Waals surface area contributed by atoms with Crippen molar-refractivity contribution in [3.8, 4) is 6.07 Å². The van der Waals surface area contributed by atoms with E-state index in [4.69, 9.17) is 11.0 Å². The summed E-state index contributed by atoms with van der Waals surface area (Å²) in [6.45, 7) is 0.968. The van der Waals surface area contributed by atoms with E-state index in [0.29, 0.717) is 24.2 Å². The molecule has 3 nitrogen and oxygen atoms in total. The van der Waals surface area contributed by atoms with Gasteiger partial charge in [0.05, 0.1) is 11.6 Å². The van der Waals surface area contributed by atoms with Crippen molar-refractivity contribution in [3.05, 3.63) is 71.2 Å². The van der Waals surface area contributed by atoms with E-state index < -0.39 is 0 Å². The third-order valence-corrected chi connectivity index (χ3v) is 3.60. The Morgan fingerprint density at radius 2 is 2.00 bits per heavy atom. The van der Waals surface area contributed by atoms with Gasteiger partial charge in [-0.3, -0.25) is 0 Å². The fourth-order valence-corrected chi connectivity index (χ4v) is 2.50. The third-order valence-electron chi connectivity index (χ3n) is 3.60. The predicted octanol–water partition coefficient (Wildman–Crippen LogP) is 3.16. The highest BCUT2D eigenvalue weighted by molar-refractivity contribution is 5.81. The van der Waals surface area contributed by atoms with E-state index in [1.54, 1.807) is 0 Å². The molecule has 0 fully saturated rings. The number of nitrogens with two attached hydrogens (primary N) is 1. The number of nitriles is 1. The third kappa shape index (κ3) is 2.51. The van der Waals surface area contributed by atoms with Gasteiger partial charge in [0.25, 0.3) is 0 Å². The highest BCUT2D eigenvalue weighted by Gasteiger charge is 2.07. The van der Waals surface area contributed by atoms with Gasteiger partial charge in [-0.05, 0) is 52.9 Å². The second-order valence-electron chi connectivity index (χ2n) is 4.95. The van der Waals surface area contributed by atoms with Gasteiger partial charge in [0.2, 0.25) is 0 Å². The number of hydrogen-bond acceptors (Lipinski definition) is 2. The average Bonchev–Trinajstić information content (AvgIpc) is 2.90. The number of halogens is 1. The number of benzene rings is 2. The largest absolute Gasteiger partial charge is 0.343 e. The zero-order valence-corrected chi connectivity index (χ0v) is 11.4. The van der Waals surface area contributed by atoms with Crippen molar-refractivity contribution in [1.29, 1.82) is 5.26 Å². The molecule has 104 valence electrons. The van der Waals surface area contributed by atoms with Crippen LogP contribution in [0.15, 0.2) is 48.7 Å². The molecule has 3 rings (SSSR count). The van der Waals surface area contributed by atoms with Crippen LogP contribution in [0.5, 0.6) is 0 Å². The van der Waals surface area contributed by atoms with Crippen LogP contribution in [-0.4, -0.2) is 4.57 Å². The summed E-state index contributed by atoms with van der Waals surface area (Å²) in [6, 6.07) is 14.4. The normalized spacial score (nSPS) is 10.7. The molecule has 0 unspecified atom stereocenters. The lowest BCUT2D eigenvalue weighted by atomic mass is 10.1. The maximum atomic E-state index is 13.4. The Labute approximate surface area is 122 Å². The van der Waals surface area contributed by atoms with E-state index in [2.05, 4.69) is 6.07 Å². The lowest BCUT2D eigenvalue weighted by molar-refractivity contribution is 0.623. The van der Waals surface area contributed by atoms with E-state index in [-0.39, 0.29) is 5.82 Å². The van der Waals surface area contributed by atoms with Crippen LogP contribution in [0.4, 0.5) is 4.39 Å². The van der Waals surface area contributed by atoms with Crippen molar-refractivity contribution in [2.45, 2.75) is 13.1 Å². The lowest BCUT2D eigenvalue weighted by Crippen LogP contribution is -2.01. The first-order valence-electron chi connectivity index (χ1n) is 6.67. The van der Waals surface area contributed by atoms with Crippen molar-refractivity contribution in [1.82, 2.24) is 4.57 Å². The fourth-order valence-electron chi connectivity index (χ4n) is 2.50. The number of rotatable bonds is 3. The molecule has 0 bridgehead atoms. The SMILES string of the molecule is N#Cc1ccc(F)cc1Cn1ccc2cc(CN)ccc21. The second-order valence-corrected chi connectivity index (χ2v) is 4.95. The van der Waals surface area contributed by atoms with Crippen molar-refractivity contribution >= 4 is 10.9 Å². The molecule has 0 saturated carbocycles. The summed E-state index contributed by atoms with van der Waals surface area (Å²) >= 11 is 0. The van der Waals surface area contributed by atoms with Gasteiger partial charge < -0.3 is 10.3 Å². The average molecular weight is 279 g/mol. The number of nitrogens with zero attached hydrogens (tertiary/aromatic N) is 2. The fraction of sp³-hybridized carbons (Fsp3) is 0.118. The van der Waals surface area contributed by atoms with Crippen LogP contribution >= 0.6 is 0 Å². The minimum Gasteiger partial charge on any atom is -0.343 e. The molecule has 2 N–H and O–H groups in total. The second kappa shape index (κ2) is 5.39. The highest BCUT2D eigenvalue weighted by Crippen LogP contribution is 2.20. The molecule has 0 amide bonds. The number of hydrogen-bond donors (Lipinski definition) is 1. The highest BCUT2D eigenvalue weighted by atomic mass is 19.1. The van der Waals surface area contributed by atoms with E-state index in [0.717, 1.165) is 16.5 Å². The molecule has 0 aliphatic carbocycles. The molecule has 1 heterocycles. The first-order chi connectivity index (χ1) is 10.2. The monoisotopic (exact) mass is 279 g/mol. The van der Waals surface area contributed by atoms with Crippen molar-refractivity contribution in [3.63, 3.8) is 0 Å². The van der Waals surface area contributed by atoms with Crippen LogP contribution in [0, 0.1) is 17.1 Å². The molecule has 0 aliphatic rings. The van der Waals surface area contributed by atoms with Gasteiger partial charge in [-0.25, -0.2) is 4.39 Å². The molecule has 3 aromatic rings. The molecule has 0 saturated heterocycles. The molecule has 0 spiro atoms. The lowest BCUT2D eigenvalue weighted by Gasteiger charge is -2.08. The Bertz CT molecular complexity index is 843. The van der Waals surface area contributed by atoms with Gasteiger partial charge in [-0.1, -0.05) is 6.07 Å². The van der Waals surface area contributed by atoms with Crippen LogP contribution in [0.1, 0.15) is 16.7 Å². The zero-order valence-electron chi connectivity index (χ0n) is 11.4. The molecular weight excluding hydrogens is 265 g/mol. The van der Waals surface area contributed by atoms with E-state index in [1.807, 2.05) is 35.0 Å². The van der Waals surface area contributed by atoms with Gasteiger partial charge in [-0.15, -0.1) is 0 Å². The smallest absolute Gasteiger partial charge is 0.123 e. The van der Waals surface area contributed by atoms with Crippen molar-refractivity contribution < 1.29 is 4.39 Å². The van der Waals surface area contributed by atoms with Crippen LogP contribution in [0.3, 0.4) is 0 Å². The van der Waals surface area contributed by atoms with Gasteiger partial charge in [0, 0.05) is 24.8 Å². The van der Waals surface area contributed by atoms with Crippen LogP contribution in [-0.2, 0) is 13.1 Å². The van der Waals surface area contributed by atoms with Gasteiger partial charge in [-0.2, -0.15) is 5.26 Å². The topological polar surface area (TPSA) is 54.7 Å². The Kier molecular flexibility index (Phi) is 3.43. The summed E-state index contributed by atoms with van der Waals surface area (Å²) in [6.07, 6.45) is 1.94. The Morgan fingerprint density at radius 1 is 1.14 bits per heavy atom. The molecule has 2 aromatic carbocycles. The molecule has 4 heteroatoms. The Balaban J connectivity index is 2.03. The van der Waals surface area contributed by atoms with Gasteiger partial charge in [0.15, 0.2) is 0 Å². The van der Waals surface area contributed by atoms with E-state index >= 15 is 0 Å². The minimum absolute atomic E-state index is 0.328. The maximum absolute atomic E-state index is 13.4.